The van der Waals surface area contributed by atoms with E-state index in [1.165, 1.54) is 31.4 Å². The van der Waals surface area contributed by atoms with Gasteiger partial charge in [0.2, 0.25) is 0 Å². The van der Waals surface area contributed by atoms with E-state index in [0.717, 1.165) is 44.7 Å². The van der Waals surface area contributed by atoms with Gasteiger partial charge < -0.3 is 15.4 Å². The second kappa shape index (κ2) is 8.93. The lowest BCUT2D eigenvalue weighted by molar-refractivity contribution is 0.304. The summed E-state index contributed by atoms with van der Waals surface area (Å²) in [4.78, 5) is 2.41. The number of nitrogens with zero attached hydrogens (tertiary/aromatic N) is 1. The molecular formula is C18H30N2O. The molecule has 0 bridgehead atoms. The highest BCUT2D eigenvalue weighted by Crippen LogP contribution is 2.22. The SMILES string of the molecule is CCCCCCCOc1ccc(N2CCC(N)CC2)cc1. The Kier molecular flexibility index (Phi) is 6.87. The largest absolute Gasteiger partial charge is 0.494 e. The smallest absolute Gasteiger partial charge is 0.119 e. The number of hydrogen-bond acceptors (Lipinski definition) is 3. The fourth-order valence-corrected chi connectivity index (χ4v) is 2.81. The monoisotopic (exact) mass is 290 g/mol. The number of nitrogens with two attached hydrogens (primary N) is 1. The molecule has 2 N–H and O–H groups in total. The van der Waals surface area contributed by atoms with Crippen LogP contribution in [-0.2, 0) is 0 Å². The van der Waals surface area contributed by atoms with Crippen LogP contribution in [0.3, 0.4) is 0 Å². The highest BCUT2D eigenvalue weighted by Gasteiger charge is 2.16. The molecule has 0 aliphatic carbocycles. The third kappa shape index (κ3) is 5.58. The zero-order valence-electron chi connectivity index (χ0n) is 13.4. The quantitative estimate of drug-likeness (QED) is 0.736. The van der Waals surface area contributed by atoms with Crippen LogP contribution in [0.2, 0.25) is 0 Å². The summed E-state index contributed by atoms with van der Waals surface area (Å²) < 4.78 is 5.81. The van der Waals surface area contributed by atoms with E-state index >= 15 is 0 Å². The van der Waals surface area contributed by atoms with Crippen LogP contribution in [0.5, 0.6) is 5.75 Å². The molecule has 0 amide bonds. The molecule has 0 aromatic heterocycles. The van der Waals surface area contributed by atoms with Crippen LogP contribution in [0.25, 0.3) is 0 Å². The molecule has 0 radical (unpaired) electrons. The van der Waals surface area contributed by atoms with Crippen LogP contribution >= 0.6 is 0 Å². The molecule has 0 unspecified atom stereocenters. The van der Waals surface area contributed by atoms with E-state index in [9.17, 15) is 0 Å². The molecule has 1 heterocycles. The van der Waals surface area contributed by atoms with Crippen molar-refractivity contribution in [2.24, 2.45) is 5.73 Å². The second-order valence-corrected chi connectivity index (χ2v) is 6.08. The van der Waals surface area contributed by atoms with Gasteiger partial charge in [-0.25, -0.2) is 0 Å². The van der Waals surface area contributed by atoms with Crippen LogP contribution in [-0.4, -0.2) is 25.7 Å². The Morgan fingerprint density at radius 3 is 2.38 bits per heavy atom. The lowest BCUT2D eigenvalue weighted by Gasteiger charge is -2.32. The van der Waals surface area contributed by atoms with Gasteiger partial charge >= 0.3 is 0 Å². The third-order valence-electron chi connectivity index (χ3n) is 4.26. The molecule has 3 heteroatoms. The molecule has 1 aromatic rings. The number of rotatable bonds is 8. The third-order valence-corrected chi connectivity index (χ3v) is 4.26. The van der Waals surface area contributed by atoms with Gasteiger partial charge in [0, 0.05) is 24.8 Å². The maximum absolute atomic E-state index is 5.95. The molecular weight excluding hydrogens is 260 g/mol. The van der Waals surface area contributed by atoms with Gasteiger partial charge in [0.25, 0.3) is 0 Å². The zero-order valence-corrected chi connectivity index (χ0v) is 13.4. The summed E-state index contributed by atoms with van der Waals surface area (Å²) >= 11 is 0. The molecule has 0 saturated carbocycles. The van der Waals surface area contributed by atoms with E-state index in [1.54, 1.807) is 0 Å². The number of piperidine rings is 1. The van der Waals surface area contributed by atoms with Crippen molar-refractivity contribution in [1.29, 1.82) is 0 Å². The van der Waals surface area contributed by atoms with Gasteiger partial charge in [-0.2, -0.15) is 0 Å². The van der Waals surface area contributed by atoms with E-state index in [4.69, 9.17) is 10.5 Å². The van der Waals surface area contributed by atoms with E-state index in [0.29, 0.717) is 6.04 Å². The second-order valence-electron chi connectivity index (χ2n) is 6.08. The van der Waals surface area contributed by atoms with Crippen molar-refractivity contribution in [3.8, 4) is 5.75 Å². The molecule has 3 nitrogen and oxygen atoms in total. The molecule has 2 rings (SSSR count). The highest BCUT2D eigenvalue weighted by atomic mass is 16.5. The van der Waals surface area contributed by atoms with Gasteiger partial charge in [-0.05, 0) is 43.5 Å². The first-order valence-corrected chi connectivity index (χ1v) is 8.53. The minimum absolute atomic E-state index is 0.386. The van der Waals surface area contributed by atoms with Crippen molar-refractivity contribution in [2.45, 2.75) is 57.9 Å². The van der Waals surface area contributed by atoms with Gasteiger partial charge in [0.15, 0.2) is 0 Å². The van der Waals surface area contributed by atoms with E-state index in [-0.39, 0.29) is 0 Å². The number of anilines is 1. The molecule has 1 aromatic carbocycles. The number of ether oxygens (including phenoxy) is 1. The molecule has 1 aliphatic rings. The zero-order chi connectivity index (χ0) is 14.9. The van der Waals surface area contributed by atoms with Crippen LogP contribution in [0, 0.1) is 0 Å². The van der Waals surface area contributed by atoms with E-state index in [1.807, 2.05) is 0 Å². The van der Waals surface area contributed by atoms with Gasteiger partial charge in [-0.3, -0.25) is 0 Å². The first-order chi connectivity index (χ1) is 10.3. The predicted molar refractivity (Wildman–Crippen MR) is 90.1 cm³/mol. The Morgan fingerprint density at radius 1 is 1.05 bits per heavy atom. The summed E-state index contributed by atoms with van der Waals surface area (Å²) in [7, 11) is 0. The molecule has 1 saturated heterocycles. The number of benzene rings is 1. The number of unbranched alkanes of at least 4 members (excludes halogenated alkanes) is 4. The van der Waals surface area contributed by atoms with E-state index in [2.05, 4.69) is 36.1 Å². The van der Waals surface area contributed by atoms with Crippen molar-refractivity contribution in [1.82, 2.24) is 0 Å². The lowest BCUT2D eigenvalue weighted by Crippen LogP contribution is -2.39. The molecule has 1 aliphatic heterocycles. The summed E-state index contributed by atoms with van der Waals surface area (Å²) in [5.74, 6) is 0.989. The fraction of sp³-hybridized carbons (Fsp3) is 0.667. The average molecular weight is 290 g/mol. The number of hydrogen-bond donors (Lipinski definition) is 1. The fourth-order valence-electron chi connectivity index (χ4n) is 2.81. The van der Waals surface area contributed by atoms with Crippen LogP contribution in [0.4, 0.5) is 5.69 Å². The van der Waals surface area contributed by atoms with Crippen LogP contribution in [0.15, 0.2) is 24.3 Å². The summed E-state index contributed by atoms with van der Waals surface area (Å²) in [5.41, 5.74) is 7.24. The van der Waals surface area contributed by atoms with Crippen molar-refractivity contribution in [3.05, 3.63) is 24.3 Å². The Hall–Kier alpha value is -1.22. The van der Waals surface area contributed by atoms with Gasteiger partial charge in [0.05, 0.1) is 6.61 Å². The maximum Gasteiger partial charge on any atom is 0.119 e. The molecule has 0 spiro atoms. The first kappa shape index (κ1) is 16.2. The van der Waals surface area contributed by atoms with Gasteiger partial charge in [-0.15, -0.1) is 0 Å². The molecule has 1 fully saturated rings. The van der Waals surface area contributed by atoms with Crippen molar-refractivity contribution in [2.75, 3.05) is 24.6 Å². The van der Waals surface area contributed by atoms with Crippen LogP contribution < -0.4 is 15.4 Å². The maximum atomic E-state index is 5.95. The first-order valence-electron chi connectivity index (χ1n) is 8.53. The highest BCUT2D eigenvalue weighted by molar-refractivity contribution is 5.49. The minimum Gasteiger partial charge on any atom is -0.494 e. The molecule has 21 heavy (non-hydrogen) atoms. The normalized spacial score (nSPS) is 16.2. The Bertz CT molecular complexity index is 383. The lowest BCUT2D eigenvalue weighted by atomic mass is 10.1. The summed E-state index contributed by atoms with van der Waals surface area (Å²) in [6.07, 6.45) is 8.59. The Labute approximate surface area is 129 Å². The van der Waals surface area contributed by atoms with Crippen molar-refractivity contribution < 1.29 is 4.74 Å². The van der Waals surface area contributed by atoms with Crippen LogP contribution in [0.1, 0.15) is 51.9 Å². The Balaban J connectivity index is 1.69. The van der Waals surface area contributed by atoms with Crippen molar-refractivity contribution >= 4 is 5.69 Å². The van der Waals surface area contributed by atoms with Gasteiger partial charge in [0.1, 0.15) is 5.75 Å². The van der Waals surface area contributed by atoms with Gasteiger partial charge in [-0.1, -0.05) is 32.6 Å². The summed E-state index contributed by atoms with van der Waals surface area (Å²) in [6.45, 7) is 5.22. The molecule has 0 atom stereocenters. The summed E-state index contributed by atoms with van der Waals surface area (Å²) in [5, 5.41) is 0. The predicted octanol–water partition coefficient (Wildman–Crippen LogP) is 3.96. The minimum atomic E-state index is 0.386. The standard InChI is InChI=1S/C18H30N2O/c1-2-3-4-5-6-15-21-18-9-7-17(8-10-18)20-13-11-16(19)12-14-20/h7-10,16H,2-6,11-15,19H2,1H3. The topological polar surface area (TPSA) is 38.5 Å². The van der Waals surface area contributed by atoms with E-state index < -0.39 is 0 Å². The average Bonchev–Trinajstić information content (AvgIpc) is 2.52. The molecule has 118 valence electrons. The Morgan fingerprint density at radius 2 is 1.71 bits per heavy atom. The van der Waals surface area contributed by atoms with Crippen molar-refractivity contribution in [3.63, 3.8) is 0 Å². The summed E-state index contributed by atoms with van der Waals surface area (Å²) in [6, 6.07) is 8.91.